The van der Waals surface area contributed by atoms with Crippen molar-refractivity contribution in [3.63, 3.8) is 0 Å². The van der Waals surface area contributed by atoms with Gasteiger partial charge in [-0.05, 0) is 26.0 Å². The second kappa shape index (κ2) is 6.21. The Kier molecular flexibility index (Phi) is 4.37. The molecule has 0 radical (unpaired) electrons. The van der Waals surface area contributed by atoms with E-state index in [1.54, 1.807) is 16.9 Å². The smallest absolute Gasteiger partial charge is 0.328 e. The van der Waals surface area contributed by atoms with Crippen molar-refractivity contribution in [2.75, 3.05) is 0 Å². The number of para-hydroxylation sites is 1. The highest BCUT2D eigenvalue weighted by atomic mass is 19.1. The lowest BCUT2D eigenvalue weighted by molar-refractivity contribution is -0.131. The molecule has 0 aliphatic heterocycles. The van der Waals surface area contributed by atoms with Gasteiger partial charge in [0.2, 0.25) is 0 Å². The van der Waals surface area contributed by atoms with Gasteiger partial charge in [-0.2, -0.15) is 5.10 Å². The van der Waals surface area contributed by atoms with Gasteiger partial charge >= 0.3 is 5.97 Å². The molecule has 0 aliphatic rings. The molecule has 0 atom stereocenters. The van der Waals surface area contributed by atoms with Crippen molar-refractivity contribution in [1.82, 2.24) is 9.78 Å². The molecule has 110 valence electrons. The van der Waals surface area contributed by atoms with Gasteiger partial charge in [0, 0.05) is 17.7 Å². The van der Waals surface area contributed by atoms with Gasteiger partial charge < -0.3 is 9.84 Å². The highest BCUT2D eigenvalue weighted by Crippen LogP contribution is 2.29. The molecule has 0 bridgehead atoms. The Morgan fingerprint density at radius 1 is 1.48 bits per heavy atom. The number of carboxylic acids is 1. The van der Waals surface area contributed by atoms with Gasteiger partial charge in [-0.3, -0.25) is 4.68 Å². The Hall–Kier alpha value is -2.63. The molecule has 1 aromatic heterocycles. The van der Waals surface area contributed by atoms with Crippen molar-refractivity contribution in [1.29, 1.82) is 0 Å². The Balaban J connectivity index is 2.31. The topological polar surface area (TPSA) is 64.3 Å². The zero-order valence-corrected chi connectivity index (χ0v) is 11.7. The number of aromatic nitrogens is 2. The number of aliphatic carboxylic acids is 1. The van der Waals surface area contributed by atoms with Crippen LogP contribution in [0.2, 0.25) is 0 Å². The molecule has 0 saturated heterocycles. The van der Waals surface area contributed by atoms with Gasteiger partial charge in [0.15, 0.2) is 17.3 Å². The monoisotopic (exact) mass is 290 g/mol. The number of hydrogen-bond donors (Lipinski definition) is 1. The Bertz CT molecular complexity index is 677. The predicted octanol–water partition coefficient (Wildman–Crippen LogP) is 3.49. The minimum Gasteiger partial charge on any atom is -0.478 e. The van der Waals surface area contributed by atoms with E-state index in [0.717, 1.165) is 6.08 Å². The summed E-state index contributed by atoms with van der Waals surface area (Å²) in [6.07, 6.45) is 5.35. The highest BCUT2D eigenvalue weighted by Gasteiger charge is 2.11. The van der Waals surface area contributed by atoms with Crippen molar-refractivity contribution in [3.8, 4) is 11.5 Å². The summed E-state index contributed by atoms with van der Waals surface area (Å²) in [6.45, 7) is 3.92. The van der Waals surface area contributed by atoms with Gasteiger partial charge in [-0.1, -0.05) is 12.1 Å². The summed E-state index contributed by atoms with van der Waals surface area (Å²) in [4.78, 5) is 10.6. The van der Waals surface area contributed by atoms with E-state index in [0.29, 0.717) is 11.3 Å². The first-order valence-electron chi connectivity index (χ1n) is 6.39. The molecule has 5 nitrogen and oxygen atoms in total. The summed E-state index contributed by atoms with van der Waals surface area (Å²) in [7, 11) is 0. The van der Waals surface area contributed by atoms with E-state index in [2.05, 4.69) is 5.10 Å². The fourth-order valence-corrected chi connectivity index (χ4v) is 1.70. The van der Waals surface area contributed by atoms with Crippen LogP contribution in [0, 0.1) is 5.82 Å². The molecule has 0 saturated carbocycles. The molecule has 0 spiro atoms. The van der Waals surface area contributed by atoms with Gasteiger partial charge in [0.05, 0.1) is 12.4 Å². The van der Waals surface area contributed by atoms with E-state index >= 15 is 0 Å². The molecular formula is C15H15FN2O3. The molecule has 21 heavy (non-hydrogen) atoms. The number of halogens is 1. The average Bonchev–Trinajstić information content (AvgIpc) is 2.88. The summed E-state index contributed by atoms with van der Waals surface area (Å²) in [5.74, 6) is -1.32. The lowest BCUT2D eigenvalue weighted by Crippen LogP contribution is -1.99. The summed E-state index contributed by atoms with van der Waals surface area (Å²) in [5.41, 5.74) is 0.342. The van der Waals surface area contributed by atoms with Gasteiger partial charge in [-0.15, -0.1) is 0 Å². The maximum Gasteiger partial charge on any atom is 0.328 e. The van der Waals surface area contributed by atoms with E-state index in [1.807, 2.05) is 13.8 Å². The van der Waals surface area contributed by atoms with Crippen LogP contribution in [0.3, 0.4) is 0 Å². The Labute approximate surface area is 121 Å². The number of nitrogens with zero attached hydrogens (tertiary/aromatic N) is 2. The summed E-state index contributed by atoms with van der Waals surface area (Å²) in [5, 5.41) is 12.8. The van der Waals surface area contributed by atoms with Crippen molar-refractivity contribution in [2.45, 2.75) is 19.9 Å². The lowest BCUT2D eigenvalue weighted by atomic mass is 10.2. The average molecular weight is 290 g/mol. The molecule has 2 rings (SSSR count). The third-order valence-corrected chi connectivity index (χ3v) is 2.73. The maximum absolute atomic E-state index is 13.9. The second-order valence-electron chi connectivity index (χ2n) is 4.68. The van der Waals surface area contributed by atoms with Crippen LogP contribution in [0.4, 0.5) is 4.39 Å². The first-order valence-corrected chi connectivity index (χ1v) is 6.39. The van der Waals surface area contributed by atoms with Crippen LogP contribution >= 0.6 is 0 Å². The van der Waals surface area contributed by atoms with E-state index in [-0.39, 0.29) is 11.8 Å². The van der Waals surface area contributed by atoms with Crippen LogP contribution in [0.15, 0.2) is 36.7 Å². The number of ether oxygens (including phenoxy) is 1. The zero-order valence-electron chi connectivity index (χ0n) is 11.7. The molecule has 0 unspecified atom stereocenters. The molecule has 0 amide bonds. The molecule has 2 aromatic rings. The zero-order chi connectivity index (χ0) is 15.4. The fourth-order valence-electron chi connectivity index (χ4n) is 1.70. The third-order valence-electron chi connectivity index (χ3n) is 2.73. The van der Waals surface area contributed by atoms with Crippen LogP contribution in [0.5, 0.6) is 11.5 Å². The second-order valence-corrected chi connectivity index (χ2v) is 4.68. The Morgan fingerprint density at radius 3 is 2.86 bits per heavy atom. The molecule has 1 N–H and O–H groups in total. The first-order chi connectivity index (χ1) is 9.97. The van der Waals surface area contributed by atoms with Crippen LogP contribution in [0.25, 0.3) is 6.08 Å². The third kappa shape index (κ3) is 3.68. The SMILES string of the molecule is CC(C)n1cc(Oc2c(F)cccc2/C=C/C(=O)O)cn1. The quantitative estimate of drug-likeness (QED) is 0.856. The molecule has 6 heteroatoms. The summed E-state index contributed by atoms with van der Waals surface area (Å²) >= 11 is 0. The normalized spacial score (nSPS) is 11.2. The van der Waals surface area contributed by atoms with E-state index < -0.39 is 11.8 Å². The number of benzene rings is 1. The van der Waals surface area contributed by atoms with Crippen LogP contribution in [0.1, 0.15) is 25.5 Å². The van der Waals surface area contributed by atoms with E-state index in [4.69, 9.17) is 9.84 Å². The summed E-state index contributed by atoms with van der Waals surface area (Å²) < 4.78 is 21.1. The van der Waals surface area contributed by atoms with Crippen LogP contribution in [-0.2, 0) is 4.79 Å². The molecule has 1 aromatic carbocycles. The molecular weight excluding hydrogens is 275 g/mol. The number of carbonyl (C=O) groups is 1. The minimum atomic E-state index is -1.11. The van der Waals surface area contributed by atoms with Crippen LogP contribution < -0.4 is 4.74 Å². The lowest BCUT2D eigenvalue weighted by Gasteiger charge is -2.08. The molecule has 1 heterocycles. The number of hydrogen-bond acceptors (Lipinski definition) is 3. The van der Waals surface area contributed by atoms with Gasteiger partial charge in [0.1, 0.15) is 0 Å². The van der Waals surface area contributed by atoms with Gasteiger partial charge in [0.25, 0.3) is 0 Å². The fraction of sp³-hybridized carbons (Fsp3) is 0.200. The van der Waals surface area contributed by atoms with Crippen molar-refractivity contribution in [3.05, 3.63) is 48.0 Å². The minimum absolute atomic E-state index is 0.0293. The van der Waals surface area contributed by atoms with Crippen molar-refractivity contribution < 1.29 is 19.0 Å². The summed E-state index contributed by atoms with van der Waals surface area (Å²) in [6, 6.07) is 4.47. The molecule has 0 fully saturated rings. The van der Waals surface area contributed by atoms with Crippen molar-refractivity contribution in [2.24, 2.45) is 0 Å². The number of carboxylic acid groups (broad SMARTS) is 1. The maximum atomic E-state index is 13.9. The van der Waals surface area contributed by atoms with Crippen molar-refractivity contribution >= 4 is 12.0 Å². The van der Waals surface area contributed by atoms with E-state index in [1.165, 1.54) is 24.4 Å². The van der Waals surface area contributed by atoms with E-state index in [9.17, 15) is 9.18 Å². The highest BCUT2D eigenvalue weighted by molar-refractivity contribution is 5.85. The number of rotatable bonds is 5. The van der Waals surface area contributed by atoms with Crippen LogP contribution in [-0.4, -0.2) is 20.9 Å². The largest absolute Gasteiger partial charge is 0.478 e. The van der Waals surface area contributed by atoms with Gasteiger partial charge in [-0.25, -0.2) is 9.18 Å². The Morgan fingerprint density at radius 2 is 2.24 bits per heavy atom. The molecule has 0 aliphatic carbocycles. The first kappa shape index (κ1) is 14.8. The standard InChI is InChI=1S/C15H15FN2O3/c1-10(2)18-9-12(8-17-18)21-15-11(6-7-14(19)20)4-3-5-13(15)16/h3-10H,1-2H3,(H,19,20)/b7-6+. The predicted molar refractivity (Wildman–Crippen MR) is 75.8 cm³/mol.